The zero-order valence-corrected chi connectivity index (χ0v) is 33.0. The summed E-state index contributed by atoms with van der Waals surface area (Å²) in [5.74, 6) is 3.34. The van der Waals surface area contributed by atoms with Crippen molar-refractivity contribution in [1.82, 2.24) is 25.7 Å². The molecule has 0 aliphatic carbocycles. The Morgan fingerprint density at radius 2 is 1.10 bits per heavy atom. The first-order chi connectivity index (χ1) is 28.7. The van der Waals surface area contributed by atoms with E-state index in [-0.39, 0.29) is 42.5 Å². The van der Waals surface area contributed by atoms with E-state index in [4.69, 9.17) is 27.4 Å². The predicted molar refractivity (Wildman–Crippen MR) is 215 cm³/mol. The van der Waals surface area contributed by atoms with Gasteiger partial charge in [0, 0.05) is 37.1 Å². The van der Waals surface area contributed by atoms with Crippen LogP contribution in [-0.2, 0) is 29.9 Å². The quantitative estimate of drug-likeness (QED) is 0.0559. The lowest BCUT2D eigenvalue weighted by Gasteiger charge is -2.09. The number of rotatable bonds is 11. The minimum atomic E-state index is -4.38. The number of nitrogens with one attached hydrogen (secondary N) is 1. The van der Waals surface area contributed by atoms with Crippen LogP contribution in [0.3, 0.4) is 0 Å². The van der Waals surface area contributed by atoms with Gasteiger partial charge < -0.3 is 24.6 Å². The average molecular weight is 867 g/mol. The van der Waals surface area contributed by atoms with Gasteiger partial charge in [0.1, 0.15) is 0 Å². The van der Waals surface area contributed by atoms with Gasteiger partial charge in [-0.1, -0.05) is 60.7 Å². The zero-order chi connectivity index (χ0) is 43.7. The topological polar surface area (TPSA) is 159 Å². The van der Waals surface area contributed by atoms with Crippen molar-refractivity contribution in [1.29, 1.82) is 0 Å². The van der Waals surface area contributed by atoms with E-state index in [2.05, 4.69) is 42.3 Å². The third kappa shape index (κ3) is 14.4. The lowest BCUT2D eigenvalue weighted by molar-refractivity contribution is -0.138. The number of carbonyl (C=O) groups is 2. The number of ether oxygens (including phenoxy) is 1. The molecule has 0 unspecified atom stereocenters. The maximum Gasteiger partial charge on any atom is 0.416 e. The van der Waals surface area contributed by atoms with E-state index in [1.807, 2.05) is 6.07 Å². The molecule has 0 fully saturated rings. The summed E-state index contributed by atoms with van der Waals surface area (Å²) in [5, 5.41) is 17.7. The smallest absolute Gasteiger partial charge is 0.416 e. The van der Waals surface area contributed by atoms with Crippen LogP contribution in [-0.4, -0.2) is 52.5 Å². The van der Waals surface area contributed by atoms with Gasteiger partial charge in [-0.05, 0) is 71.5 Å². The van der Waals surface area contributed by atoms with E-state index in [9.17, 15) is 35.9 Å². The van der Waals surface area contributed by atoms with Crippen molar-refractivity contribution >= 4 is 24.3 Å². The molecule has 0 bridgehead atoms. The SMILES string of the molecule is C#CCCN.C#CCCNC(=O)c1nnc(-c2ccccc2Cc2ccc(C(F)(F)F)cc2)o1.COC(=O)c1nnc(-c2ccccc2Cc2ccc(C(F)(F)F)cc2)o1.Cl. The van der Waals surface area contributed by atoms with Crippen molar-refractivity contribution in [2.75, 3.05) is 20.2 Å². The minimum Gasteiger partial charge on any atom is -0.462 e. The zero-order valence-electron chi connectivity index (χ0n) is 32.2. The molecule has 2 aromatic heterocycles. The van der Waals surface area contributed by atoms with Crippen LogP contribution in [0.5, 0.6) is 0 Å². The van der Waals surface area contributed by atoms with Gasteiger partial charge in [0.05, 0.1) is 18.2 Å². The first-order valence-corrected chi connectivity index (χ1v) is 17.8. The highest BCUT2D eigenvalue weighted by molar-refractivity contribution is 5.89. The highest BCUT2D eigenvalue weighted by Crippen LogP contribution is 2.32. The number of amides is 1. The summed E-state index contributed by atoms with van der Waals surface area (Å²) in [5.41, 5.74) is 7.72. The second kappa shape index (κ2) is 23.0. The number of methoxy groups -OCH3 is 1. The number of nitrogens with zero attached hydrogens (tertiary/aromatic N) is 4. The van der Waals surface area contributed by atoms with Crippen LogP contribution in [0.2, 0.25) is 0 Å². The Morgan fingerprint density at radius 3 is 1.49 bits per heavy atom. The molecule has 0 aliphatic heterocycles. The summed E-state index contributed by atoms with van der Waals surface area (Å²) in [7, 11) is 1.20. The van der Waals surface area contributed by atoms with Gasteiger partial charge >= 0.3 is 36.0 Å². The van der Waals surface area contributed by atoms with Gasteiger partial charge in [0.15, 0.2) is 0 Å². The maximum atomic E-state index is 12.7. The van der Waals surface area contributed by atoms with Gasteiger partial charge in [0.2, 0.25) is 11.8 Å². The molecule has 3 N–H and O–H groups in total. The number of hydrogen-bond donors (Lipinski definition) is 2. The lowest BCUT2D eigenvalue weighted by atomic mass is 9.99. The molecule has 18 heteroatoms. The van der Waals surface area contributed by atoms with Crippen molar-refractivity contribution in [3.8, 4) is 47.6 Å². The first-order valence-electron chi connectivity index (χ1n) is 17.8. The molecule has 2 heterocycles. The van der Waals surface area contributed by atoms with Crippen LogP contribution in [0.1, 0.15) is 67.6 Å². The summed E-state index contributed by atoms with van der Waals surface area (Å²) in [4.78, 5) is 23.4. The van der Waals surface area contributed by atoms with Crippen LogP contribution < -0.4 is 11.1 Å². The molecule has 4 aromatic carbocycles. The van der Waals surface area contributed by atoms with Crippen LogP contribution in [0.25, 0.3) is 22.9 Å². The number of alkyl halides is 6. The Balaban J connectivity index is 0.000000290. The Labute approximate surface area is 352 Å². The fourth-order valence-corrected chi connectivity index (χ4v) is 5.16. The second-order valence-electron chi connectivity index (χ2n) is 12.3. The standard InChI is InChI=1S/C21H16F3N3O2.C18H13F3N2O3.C4H7N.ClH/c1-2-3-12-25-18(28)20-27-26-19(29-20)17-7-5-4-6-15(17)13-14-8-10-16(11-9-14)21(22,23)24;1-25-17(24)16-23-22-15(26-16)14-5-3-2-4-12(14)10-11-6-8-13(9-7-11)18(19,20)21;1-2-3-4-5;/h1,4-11H,3,12-13H2,(H,25,28);2-9H,10H2,1H3;1H,3-5H2;1H. The van der Waals surface area contributed by atoms with Gasteiger partial charge in [-0.25, -0.2) is 4.79 Å². The van der Waals surface area contributed by atoms with Gasteiger partial charge in [-0.3, -0.25) is 4.79 Å². The average Bonchev–Trinajstić information content (AvgIpc) is 3.93. The molecular formula is C43H37ClF6N6O5. The maximum absolute atomic E-state index is 12.7. The fraction of sp³-hybridized carbons (Fsp3) is 0.209. The number of halogens is 7. The number of esters is 1. The Morgan fingerprint density at radius 1 is 0.672 bits per heavy atom. The molecule has 0 aliphatic rings. The van der Waals surface area contributed by atoms with Crippen molar-refractivity contribution in [3.05, 3.63) is 142 Å². The van der Waals surface area contributed by atoms with Crippen molar-refractivity contribution in [2.24, 2.45) is 5.73 Å². The van der Waals surface area contributed by atoms with Gasteiger partial charge in [-0.15, -0.1) is 57.5 Å². The number of benzene rings is 4. The van der Waals surface area contributed by atoms with Gasteiger partial charge in [-0.2, -0.15) is 26.3 Å². The van der Waals surface area contributed by atoms with Crippen molar-refractivity contribution in [3.63, 3.8) is 0 Å². The molecule has 0 spiro atoms. The van der Waals surface area contributed by atoms with Crippen LogP contribution in [0, 0.1) is 24.7 Å². The molecule has 0 saturated carbocycles. The molecule has 318 valence electrons. The van der Waals surface area contributed by atoms with Crippen LogP contribution in [0.4, 0.5) is 26.3 Å². The number of hydrogen-bond acceptors (Lipinski definition) is 10. The number of terminal acetylenes is 2. The molecule has 61 heavy (non-hydrogen) atoms. The third-order valence-electron chi connectivity index (χ3n) is 8.10. The van der Waals surface area contributed by atoms with E-state index in [1.165, 1.54) is 31.4 Å². The second-order valence-corrected chi connectivity index (χ2v) is 12.3. The van der Waals surface area contributed by atoms with Crippen molar-refractivity contribution < 1.29 is 49.5 Å². The predicted octanol–water partition coefficient (Wildman–Crippen LogP) is 8.62. The first kappa shape index (κ1) is 48.4. The Kier molecular flexibility index (Phi) is 18.3. The number of aromatic nitrogens is 4. The summed E-state index contributed by atoms with van der Waals surface area (Å²) >= 11 is 0. The normalized spacial score (nSPS) is 10.7. The highest BCUT2D eigenvalue weighted by atomic mass is 35.5. The molecule has 0 saturated heterocycles. The van der Waals surface area contributed by atoms with E-state index in [1.54, 1.807) is 42.5 Å². The molecule has 1 amide bonds. The van der Waals surface area contributed by atoms with E-state index < -0.39 is 35.4 Å². The van der Waals surface area contributed by atoms with Crippen molar-refractivity contribution in [2.45, 2.75) is 38.0 Å². The molecule has 0 radical (unpaired) electrons. The minimum absolute atomic E-state index is 0. The third-order valence-corrected chi connectivity index (χ3v) is 8.10. The van der Waals surface area contributed by atoms with E-state index >= 15 is 0 Å². The summed E-state index contributed by atoms with van der Waals surface area (Å²) in [6, 6.07) is 24.1. The Hall–Kier alpha value is -6.95. The fourth-order valence-electron chi connectivity index (χ4n) is 5.16. The molecule has 11 nitrogen and oxygen atoms in total. The highest BCUT2D eigenvalue weighted by Gasteiger charge is 2.31. The summed E-state index contributed by atoms with van der Waals surface area (Å²) in [6.45, 7) is 0.897. The van der Waals surface area contributed by atoms with Crippen LogP contribution in [0.15, 0.2) is 106 Å². The summed E-state index contributed by atoms with van der Waals surface area (Å²) in [6.07, 6.45) is 2.99. The lowest BCUT2D eigenvalue weighted by Crippen LogP contribution is -2.24. The largest absolute Gasteiger partial charge is 0.462 e. The number of nitrogens with two attached hydrogens (primary N) is 1. The van der Waals surface area contributed by atoms with E-state index in [0.717, 1.165) is 35.4 Å². The molecule has 0 atom stereocenters. The number of carbonyl (C=O) groups excluding carboxylic acids is 2. The van der Waals surface area contributed by atoms with E-state index in [0.29, 0.717) is 54.5 Å². The molecule has 6 aromatic rings. The molecular weight excluding hydrogens is 830 g/mol. The summed E-state index contributed by atoms with van der Waals surface area (Å²) < 4.78 is 91.5. The van der Waals surface area contributed by atoms with Gasteiger partial charge in [0.25, 0.3) is 0 Å². The van der Waals surface area contributed by atoms with Crippen LogP contribution >= 0.6 is 12.4 Å². The Bertz CT molecular complexity index is 2420. The molecule has 6 rings (SSSR count). The monoisotopic (exact) mass is 866 g/mol.